The predicted molar refractivity (Wildman–Crippen MR) is 109 cm³/mol. The third-order valence-corrected chi connectivity index (χ3v) is 4.45. The lowest BCUT2D eigenvalue weighted by Crippen LogP contribution is -2.14. The fraction of sp³-hybridized carbons (Fsp3) is 0.0455. The third kappa shape index (κ3) is 3.66. The second-order valence-electron chi connectivity index (χ2n) is 6.20. The van der Waals surface area contributed by atoms with Crippen LogP contribution in [0, 0.1) is 6.92 Å². The molecule has 0 spiro atoms. The Hall–Kier alpha value is -3.24. The van der Waals surface area contributed by atoms with Crippen LogP contribution in [0.3, 0.4) is 0 Å². The van der Waals surface area contributed by atoms with Gasteiger partial charge in [0.25, 0.3) is 5.91 Å². The lowest BCUT2D eigenvalue weighted by Gasteiger charge is -2.11. The number of hydrogen-bond donors (Lipinski definition) is 1. The van der Waals surface area contributed by atoms with Crippen LogP contribution >= 0.6 is 11.6 Å². The summed E-state index contributed by atoms with van der Waals surface area (Å²) >= 11 is 6.12. The summed E-state index contributed by atoms with van der Waals surface area (Å²) in [6, 6.07) is 22.3. The number of nitrogens with one attached hydrogen (secondary N) is 1. The van der Waals surface area contributed by atoms with Crippen molar-refractivity contribution >= 4 is 34.2 Å². The Morgan fingerprint density at radius 3 is 2.56 bits per heavy atom. The molecule has 2 aromatic heterocycles. The number of carbonyl (C=O) groups excluding carboxylic acids is 1. The fourth-order valence-corrected chi connectivity index (χ4v) is 3.15. The largest absolute Gasteiger partial charge is 0.307 e. The molecule has 4 nitrogen and oxygen atoms in total. The molecule has 1 N–H and O–H groups in total. The van der Waals surface area contributed by atoms with Crippen LogP contribution in [-0.2, 0) is 0 Å². The molecular formula is C22H16ClN3O. The highest BCUT2D eigenvalue weighted by Crippen LogP contribution is 2.27. The molecule has 0 atom stereocenters. The van der Waals surface area contributed by atoms with Gasteiger partial charge in [0, 0.05) is 21.7 Å². The number of carbonyl (C=O) groups is 1. The molecule has 5 heteroatoms. The second-order valence-corrected chi connectivity index (χ2v) is 6.64. The maximum absolute atomic E-state index is 13.0. The maximum Gasteiger partial charge on any atom is 0.257 e. The van der Waals surface area contributed by atoms with E-state index in [1.54, 1.807) is 12.1 Å². The summed E-state index contributed by atoms with van der Waals surface area (Å²) in [5.41, 5.74) is 3.68. The maximum atomic E-state index is 13.0. The minimum absolute atomic E-state index is 0.227. The molecule has 4 aromatic rings. The Morgan fingerprint density at radius 2 is 1.74 bits per heavy atom. The van der Waals surface area contributed by atoms with E-state index in [0.717, 1.165) is 22.2 Å². The molecule has 0 bridgehead atoms. The number of anilines is 1. The van der Waals surface area contributed by atoms with Crippen LogP contribution in [0.5, 0.6) is 0 Å². The number of aryl methyl sites for hydroxylation is 1. The van der Waals surface area contributed by atoms with Gasteiger partial charge in [0.15, 0.2) is 0 Å². The number of rotatable bonds is 3. The normalized spacial score (nSPS) is 10.7. The number of para-hydroxylation sites is 1. The van der Waals surface area contributed by atoms with E-state index in [9.17, 15) is 4.79 Å². The lowest BCUT2D eigenvalue weighted by molar-refractivity contribution is 0.102. The lowest BCUT2D eigenvalue weighted by atomic mass is 10.0. The first-order chi connectivity index (χ1) is 13.1. The molecule has 0 aliphatic carbocycles. The summed E-state index contributed by atoms with van der Waals surface area (Å²) < 4.78 is 0. The van der Waals surface area contributed by atoms with Gasteiger partial charge in [0.1, 0.15) is 5.82 Å². The first-order valence-corrected chi connectivity index (χ1v) is 8.89. The molecule has 1 amide bonds. The van der Waals surface area contributed by atoms with Crippen molar-refractivity contribution in [3.8, 4) is 11.3 Å². The van der Waals surface area contributed by atoms with Crippen LogP contribution < -0.4 is 5.32 Å². The number of amides is 1. The number of pyridine rings is 2. The fourth-order valence-electron chi connectivity index (χ4n) is 2.96. The standard InChI is InChI=1S/C22H16ClN3O/c1-14-6-4-11-21(24-14)26-22(27)18-13-20(15-7-5-8-16(23)12-15)25-19-10-3-2-9-17(18)19/h2-13H,1H3,(H,24,26,27). The molecule has 0 aliphatic heterocycles. The summed E-state index contributed by atoms with van der Waals surface area (Å²) in [5, 5.41) is 4.29. The minimum atomic E-state index is -0.227. The Labute approximate surface area is 161 Å². The summed E-state index contributed by atoms with van der Waals surface area (Å²) in [6.07, 6.45) is 0. The van der Waals surface area contributed by atoms with Gasteiger partial charge in [-0.2, -0.15) is 0 Å². The van der Waals surface area contributed by atoms with Gasteiger partial charge in [-0.3, -0.25) is 4.79 Å². The van der Waals surface area contributed by atoms with Gasteiger partial charge in [-0.15, -0.1) is 0 Å². The first kappa shape index (κ1) is 17.2. The van der Waals surface area contributed by atoms with Crippen molar-refractivity contribution in [2.45, 2.75) is 6.92 Å². The summed E-state index contributed by atoms with van der Waals surface area (Å²) in [6.45, 7) is 1.88. The Kier molecular flexibility index (Phi) is 4.57. The molecule has 0 radical (unpaired) electrons. The molecule has 0 unspecified atom stereocenters. The van der Waals surface area contributed by atoms with E-state index in [4.69, 9.17) is 16.6 Å². The molecule has 2 aromatic carbocycles. The van der Waals surface area contributed by atoms with Crippen molar-refractivity contribution in [2.24, 2.45) is 0 Å². The van der Waals surface area contributed by atoms with Gasteiger partial charge in [-0.05, 0) is 43.3 Å². The van der Waals surface area contributed by atoms with Crippen LogP contribution in [-0.4, -0.2) is 15.9 Å². The molecule has 2 heterocycles. The van der Waals surface area contributed by atoms with Crippen LogP contribution in [0.25, 0.3) is 22.2 Å². The second kappa shape index (κ2) is 7.17. The summed E-state index contributed by atoms with van der Waals surface area (Å²) in [5.74, 6) is 0.292. The van der Waals surface area contributed by atoms with E-state index in [2.05, 4.69) is 10.3 Å². The van der Waals surface area contributed by atoms with Crippen molar-refractivity contribution in [2.75, 3.05) is 5.32 Å². The van der Waals surface area contributed by atoms with Crippen molar-refractivity contribution in [3.05, 3.63) is 89.1 Å². The zero-order chi connectivity index (χ0) is 18.8. The van der Waals surface area contributed by atoms with E-state index < -0.39 is 0 Å². The smallest absolute Gasteiger partial charge is 0.257 e. The van der Waals surface area contributed by atoms with E-state index in [1.807, 2.05) is 67.6 Å². The van der Waals surface area contributed by atoms with Crippen LogP contribution in [0.4, 0.5) is 5.82 Å². The SMILES string of the molecule is Cc1cccc(NC(=O)c2cc(-c3cccc(Cl)c3)nc3ccccc23)n1. The van der Waals surface area contributed by atoms with Crippen LogP contribution in [0.1, 0.15) is 16.1 Å². The van der Waals surface area contributed by atoms with Crippen molar-refractivity contribution in [1.82, 2.24) is 9.97 Å². The topological polar surface area (TPSA) is 54.9 Å². The molecule has 0 saturated heterocycles. The van der Waals surface area contributed by atoms with Crippen molar-refractivity contribution in [3.63, 3.8) is 0 Å². The minimum Gasteiger partial charge on any atom is -0.307 e. The molecule has 0 aliphatic rings. The number of benzene rings is 2. The van der Waals surface area contributed by atoms with Crippen LogP contribution in [0.15, 0.2) is 72.8 Å². The van der Waals surface area contributed by atoms with Gasteiger partial charge in [-0.25, -0.2) is 9.97 Å². The predicted octanol–water partition coefficient (Wildman–Crippen LogP) is 5.51. The molecule has 27 heavy (non-hydrogen) atoms. The zero-order valence-corrected chi connectivity index (χ0v) is 15.4. The summed E-state index contributed by atoms with van der Waals surface area (Å²) in [4.78, 5) is 22.0. The number of halogens is 1. The number of fused-ring (bicyclic) bond motifs is 1. The highest BCUT2D eigenvalue weighted by molar-refractivity contribution is 6.30. The quantitative estimate of drug-likeness (QED) is 0.515. The van der Waals surface area contributed by atoms with Gasteiger partial charge in [0.05, 0.1) is 16.8 Å². The molecule has 0 saturated carbocycles. The van der Waals surface area contributed by atoms with Crippen LogP contribution in [0.2, 0.25) is 5.02 Å². The van der Waals surface area contributed by atoms with E-state index >= 15 is 0 Å². The van der Waals surface area contributed by atoms with Crippen molar-refractivity contribution in [1.29, 1.82) is 0 Å². The summed E-state index contributed by atoms with van der Waals surface area (Å²) in [7, 11) is 0. The average Bonchev–Trinajstić information content (AvgIpc) is 2.67. The van der Waals surface area contributed by atoms with Crippen molar-refractivity contribution < 1.29 is 4.79 Å². The monoisotopic (exact) mass is 373 g/mol. The Bertz CT molecular complexity index is 1160. The van der Waals surface area contributed by atoms with Gasteiger partial charge < -0.3 is 5.32 Å². The van der Waals surface area contributed by atoms with E-state index in [1.165, 1.54) is 0 Å². The van der Waals surface area contributed by atoms with Gasteiger partial charge >= 0.3 is 0 Å². The Morgan fingerprint density at radius 1 is 0.926 bits per heavy atom. The molecule has 0 fully saturated rings. The van der Waals surface area contributed by atoms with Gasteiger partial charge in [0.2, 0.25) is 0 Å². The first-order valence-electron chi connectivity index (χ1n) is 8.51. The number of aromatic nitrogens is 2. The molecule has 132 valence electrons. The number of nitrogens with zero attached hydrogens (tertiary/aromatic N) is 2. The zero-order valence-electron chi connectivity index (χ0n) is 14.6. The highest BCUT2D eigenvalue weighted by atomic mass is 35.5. The molecular weight excluding hydrogens is 358 g/mol. The Balaban J connectivity index is 1.82. The van der Waals surface area contributed by atoms with E-state index in [-0.39, 0.29) is 5.91 Å². The van der Waals surface area contributed by atoms with E-state index in [0.29, 0.717) is 22.1 Å². The third-order valence-electron chi connectivity index (χ3n) is 4.21. The van der Waals surface area contributed by atoms with Gasteiger partial charge in [-0.1, -0.05) is 48.0 Å². The molecule has 4 rings (SSSR count). The highest BCUT2D eigenvalue weighted by Gasteiger charge is 2.15. The number of hydrogen-bond acceptors (Lipinski definition) is 3. The average molecular weight is 374 g/mol.